The highest BCUT2D eigenvalue weighted by molar-refractivity contribution is 5.66. The summed E-state index contributed by atoms with van der Waals surface area (Å²) in [5.41, 5.74) is 5.34. The molecule has 0 spiro atoms. The first-order valence-corrected chi connectivity index (χ1v) is 7.16. The topological polar surface area (TPSA) is 12.9 Å². The van der Waals surface area contributed by atoms with Crippen LogP contribution in [0, 0.1) is 0 Å². The van der Waals surface area contributed by atoms with Crippen molar-refractivity contribution >= 4 is 0 Å². The SMILES string of the molecule is [2H]C(C)(C)c1ccc(-c2ccc(-c3ccccc3)nc2)cc1. The average molecular weight is 274 g/mol. The first-order valence-electron chi connectivity index (χ1n) is 7.66. The number of pyridine rings is 1. The van der Waals surface area contributed by atoms with Crippen molar-refractivity contribution in [3.63, 3.8) is 0 Å². The summed E-state index contributed by atoms with van der Waals surface area (Å²) in [5, 5.41) is 0. The summed E-state index contributed by atoms with van der Waals surface area (Å²) in [4.78, 5) is 4.56. The monoisotopic (exact) mass is 274 g/mol. The first kappa shape index (κ1) is 12.3. The number of rotatable bonds is 3. The van der Waals surface area contributed by atoms with E-state index in [1.165, 1.54) is 0 Å². The second-order valence-corrected chi connectivity index (χ2v) is 5.38. The van der Waals surface area contributed by atoms with Gasteiger partial charge in [0.25, 0.3) is 0 Å². The highest BCUT2D eigenvalue weighted by atomic mass is 14.7. The maximum absolute atomic E-state index is 8.06. The van der Waals surface area contributed by atoms with Gasteiger partial charge in [-0.3, -0.25) is 4.98 Å². The van der Waals surface area contributed by atoms with E-state index in [1.807, 2.05) is 56.4 Å². The lowest BCUT2D eigenvalue weighted by Gasteiger charge is -2.07. The molecule has 0 aliphatic rings. The van der Waals surface area contributed by atoms with Crippen LogP contribution in [0.5, 0.6) is 0 Å². The maximum Gasteiger partial charge on any atom is 0.0702 e. The van der Waals surface area contributed by atoms with Gasteiger partial charge in [0.1, 0.15) is 0 Å². The van der Waals surface area contributed by atoms with Crippen LogP contribution >= 0.6 is 0 Å². The molecule has 2 aromatic carbocycles. The molecule has 0 radical (unpaired) electrons. The molecule has 1 heterocycles. The molecule has 1 nitrogen and oxygen atoms in total. The molecule has 0 atom stereocenters. The summed E-state index contributed by atoms with van der Waals surface area (Å²) in [5.74, 6) is -0.562. The summed E-state index contributed by atoms with van der Waals surface area (Å²) >= 11 is 0. The fourth-order valence-electron chi connectivity index (χ4n) is 2.34. The predicted octanol–water partition coefficient (Wildman–Crippen LogP) is 5.54. The van der Waals surface area contributed by atoms with Gasteiger partial charge in [-0.05, 0) is 23.1 Å². The molecule has 21 heavy (non-hydrogen) atoms. The van der Waals surface area contributed by atoms with E-state index in [0.29, 0.717) is 0 Å². The van der Waals surface area contributed by atoms with Crippen molar-refractivity contribution in [3.05, 3.63) is 78.5 Å². The Labute approximate surface area is 127 Å². The molecule has 0 amide bonds. The molecule has 0 N–H and O–H groups in total. The highest BCUT2D eigenvalue weighted by Gasteiger charge is 2.03. The van der Waals surface area contributed by atoms with Gasteiger partial charge in [0.05, 0.1) is 5.69 Å². The molecule has 0 fully saturated rings. The Morgan fingerprint density at radius 2 is 1.43 bits per heavy atom. The smallest absolute Gasteiger partial charge is 0.0702 e. The van der Waals surface area contributed by atoms with E-state index in [-0.39, 0.29) is 0 Å². The number of hydrogen-bond acceptors (Lipinski definition) is 1. The van der Waals surface area contributed by atoms with Crippen molar-refractivity contribution in [1.29, 1.82) is 0 Å². The van der Waals surface area contributed by atoms with Gasteiger partial charge in [-0.15, -0.1) is 0 Å². The van der Waals surface area contributed by atoms with Crippen LogP contribution in [0.25, 0.3) is 22.4 Å². The lowest BCUT2D eigenvalue weighted by Crippen LogP contribution is -1.88. The van der Waals surface area contributed by atoms with E-state index in [1.54, 1.807) is 0 Å². The van der Waals surface area contributed by atoms with Crippen LogP contribution in [0.4, 0.5) is 0 Å². The summed E-state index contributed by atoms with van der Waals surface area (Å²) in [6, 6.07) is 22.5. The Morgan fingerprint density at radius 1 is 0.762 bits per heavy atom. The average Bonchev–Trinajstić information content (AvgIpc) is 2.55. The minimum absolute atomic E-state index is 0.562. The predicted molar refractivity (Wildman–Crippen MR) is 89.2 cm³/mol. The molecule has 0 aliphatic carbocycles. The van der Waals surface area contributed by atoms with Crippen LogP contribution in [0.2, 0.25) is 0 Å². The van der Waals surface area contributed by atoms with Gasteiger partial charge in [0.2, 0.25) is 0 Å². The van der Waals surface area contributed by atoms with Crippen molar-refractivity contribution in [3.8, 4) is 22.4 Å². The van der Waals surface area contributed by atoms with Crippen LogP contribution in [-0.2, 0) is 0 Å². The normalized spacial score (nSPS) is 12.0. The third-order valence-corrected chi connectivity index (χ3v) is 3.63. The number of aromatic nitrogens is 1. The Kier molecular flexibility index (Phi) is 3.48. The Bertz CT molecular complexity index is 738. The van der Waals surface area contributed by atoms with Crippen molar-refractivity contribution < 1.29 is 1.37 Å². The van der Waals surface area contributed by atoms with Gasteiger partial charge in [-0.2, -0.15) is 0 Å². The highest BCUT2D eigenvalue weighted by Crippen LogP contribution is 2.24. The molecule has 1 heteroatoms. The molecule has 0 saturated carbocycles. The fourth-order valence-corrected chi connectivity index (χ4v) is 2.34. The van der Waals surface area contributed by atoms with Gasteiger partial charge in [-0.25, -0.2) is 0 Å². The molecule has 1 aromatic heterocycles. The van der Waals surface area contributed by atoms with E-state index in [0.717, 1.165) is 27.9 Å². The van der Waals surface area contributed by atoms with Crippen molar-refractivity contribution in [1.82, 2.24) is 4.98 Å². The van der Waals surface area contributed by atoms with Crippen LogP contribution in [-0.4, -0.2) is 4.98 Å². The summed E-state index contributed by atoms with van der Waals surface area (Å²) in [7, 11) is 0. The van der Waals surface area contributed by atoms with E-state index in [9.17, 15) is 0 Å². The lowest BCUT2D eigenvalue weighted by molar-refractivity contribution is 0.867. The van der Waals surface area contributed by atoms with E-state index in [2.05, 4.69) is 35.3 Å². The Morgan fingerprint density at radius 3 is 2.00 bits per heavy atom. The molecule has 0 bridgehead atoms. The van der Waals surface area contributed by atoms with E-state index < -0.39 is 5.89 Å². The largest absolute Gasteiger partial charge is 0.256 e. The van der Waals surface area contributed by atoms with Crippen LogP contribution in [0.15, 0.2) is 72.9 Å². The minimum Gasteiger partial charge on any atom is -0.256 e. The molecule has 3 aromatic rings. The van der Waals surface area contributed by atoms with Crippen molar-refractivity contribution in [2.75, 3.05) is 0 Å². The van der Waals surface area contributed by atoms with Crippen molar-refractivity contribution in [2.45, 2.75) is 19.7 Å². The van der Waals surface area contributed by atoms with Gasteiger partial charge in [0, 0.05) is 18.7 Å². The van der Waals surface area contributed by atoms with Gasteiger partial charge < -0.3 is 0 Å². The molecule has 0 unspecified atom stereocenters. The Hall–Kier alpha value is -2.41. The molecule has 0 saturated heterocycles. The van der Waals surface area contributed by atoms with Crippen LogP contribution < -0.4 is 0 Å². The fraction of sp³-hybridized carbons (Fsp3) is 0.150. The van der Waals surface area contributed by atoms with E-state index >= 15 is 0 Å². The molecular formula is C20H19N. The van der Waals surface area contributed by atoms with Gasteiger partial charge in [0.15, 0.2) is 0 Å². The quantitative estimate of drug-likeness (QED) is 0.611. The molecular weight excluding hydrogens is 254 g/mol. The molecule has 0 aliphatic heterocycles. The molecule has 104 valence electrons. The minimum atomic E-state index is -0.562. The zero-order valence-electron chi connectivity index (χ0n) is 13.4. The van der Waals surface area contributed by atoms with Crippen LogP contribution in [0.3, 0.4) is 0 Å². The van der Waals surface area contributed by atoms with E-state index in [4.69, 9.17) is 1.37 Å². The maximum atomic E-state index is 8.06. The summed E-state index contributed by atoms with van der Waals surface area (Å²) < 4.78 is 8.06. The van der Waals surface area contributed by atoms with Crippen molar-refractivity contribution in [2.24, 2.45) is 0 Å². The zero-order valence-corrected chi connectivity index (χ0v) is 12.4. The zero-order chi connectivity index (χ0) is 15.6. The van der Waals surface area contributed by atoms with Crippen LogP contribution in [0.1, 0.15) is 26.7 Å². The summed E-state index contributed by atoms with van der Waals surface area (Å²) in [6.07, 6.45) is 1.91. The number of hydrogen-bond donors (Lipinski definition) is 0. The molecule has 3 rings (SSSR count). The van der Waals surface area contributed by atoms with Gasteiger partial charge in [-0.1, -0.05) is 74.5 Å². The first-order chi connectivity index (χ1) is 10.5. The number of benzene rings is 2. The standard InChI is InChI=1S/C20H19N/c1-15(2)16-8-10-17(11-9-16)19-12-13-20(21-14-19)18-6-4-3-5-7-18/h3-15H,1-2H3/i15D. The third kappa shape index (κ3) is 3.03. The van der Waals surface area contributed by atoms with Gasteiger partial charge >= 0.3 is 0 Å². The summed E-state index contributed by atoms with van der Waals surface area (Å²) in [6.45, 7) is 3.80. The lowest BCUT2D eigenvalue weighted by atomic mass is 9.99. The second-order valence-electron chi connectivity index (χ2n) is 5.38. The second kappa shape index (κ2) is 5.92. The third-order valence-electron chi connectivity index (χ3n) is 3.63. The Balaban J connectivity index is 1.87. The number of nitrogens with zero attached hydrogens (tertiary/aromatic N) is 1.